The lowest BCUT2D eigenvalue weighted by atomic mass is 10.1. The number of nitrogens with one attached hydrogen (secondary N) is 2. The number of nitrogens with zero attached hydrogens (tertiary/aromatic N) is 2. The van der Waals surface area contributed by atoms with Gasteiger partial charge < -0.3 is 15.3 Å². The molecule has 0 bridgehead atoms. The Kier molecular flexibility index (Phi) is 7.43. The highest BCUT2D eigenvalue weighted by Gasteiger charge is 2.23. The van der Waals surface area contributed by atoms with Gasteiger partial charge >= 0.3 is 0 Å². The molecule has 1 atom stereocenters. The van der Waals surface area contributed by atoms with E-state index < -0.39 is 10.0 Å². The summed E-state index contributed by atoms with van der Waals surface area (Å²) in [6, 6.07) is 7.34. The molecule has 0 spiro atoms. The van der Waals surface area contributed by atoms with Crippen LogP contribution in [0.1, 0.15) is 38.3 Å². The largest absolute Gasteiger partial charge is 0.391 e. The van der Waals surface area contributed by atoms with Gasteiger partial charge in [0.15, 0.2) is 5.96 Å². The zero-order chi connectivity index (χ0) is 19.2. The number of hydrogen-bond acceptors (Lipinski definition) is 4. The van der Waals surface area contributed by atoms with E-state index in [0.29, 0.717) is 13.1 Å². The van der Waals surface area contributed by atoms with Crippen molar-refractivity contribution in [2.75, 3.05) is 19.6 Å². The van der Waals surface area contributed by atoms with Gasteiger partial charge in [0, 0.05) is 25.7 Å². The first-order valence-electron chi connectivity index (χ1n) is 9.09. The standard InChI is InChI=1S/C18H30N4O3S/c1-4-19-18(22-10-9-17(23)12-22)20-11-15-7-5-6-8-16(15)13-26(24,25)21-14(2)3/h5-8,14,17,21,23H,4,9-13H2,1-3H3,(H,19,20)/t17-/m1/s1. The number of benzene rings is 1. The van der Waals surface area contributed by atoms with E-state index in [9.17, 15) is 13.5 Å². The van der Waals surface area contributed by atoms with Crippen LogP contribution in [0, 0.1) is 0 Å². The number of aliphatic imine (C=N–C) groups is 1. The lowest BCUT2D eigenvalue weighted by Crippen LogP contribution is -2.40. The van der Waals surface area contributed by atoms with E-state index in [-0.39, 0.29) is 17.9 Å². The Hall–Kier alpha value is -1.64. The van der Waals surface area contributed by atoms with Crippen molar-refractivity contribution in [1.29, 1.82) is 0 Å². The van der Waals surface area contributed by atoms with Crippen molar-refractivity contribution < 1.29 is 13.5 Å². The maximum Gasteiger partial charge on any atom is 0.216 e. The van der Waals surface area contributed by atoms with Crippen LogP contribution < -0.4 is 10.0 Å². The fourth-order valence-electron chi connectivity index (χ4n) is 2.98. The van der Waals surface area contributed by atoms with Crippen LogP contribution in [0.25, 0.3) is 0 Å². The molecule has 0 aromatic heterocycles. The maximum absolute atomic E-state index is 12.3. The Balaban J connectivity index is 2.15. The zero-order valence-corrected chi connectivity index (χ0v) is 16.6. The minimum Gasteiger partial charge on any atom is -0.391 e. The highest BCUT2D eigenvalue weighted by Crippen LogP contribution is 2.15. The molecule has 146 valence electrons. The number of rotatable bonds is 7. The molecule has 1 heterocycles. The normalized spacial score (nSPS) is 18.6. The Morgan fingerprint density at radius 2 is 2.04 bits per heavy atom. The van der Waals surface area contributed by atoms with Gasteiger partial charge in [0.25, 0.3) is 0 Å². The predicted octanol–water partition coefficient (Wildman–Crippen LogP) is 1.05. The summed E-state index contributed by atoms with van der Waals surface area (Å²) in [6.45, 7) is 8.07. The van der Waals surface area contributed by atoms with Gasteiger partial charge in [-0.1, -0.05) is 24.3 Å². The number of guanidine groups is 1. The first kappa shape index (κ1) is 20.7. The molecule has 1 aliphatic heterocycles. The molecule has 3 N–H and O–H groups in total. The molecule has 7 nitrogen and oxygen atoms in total. The minimum absolute atomic E-state index is 0.0597. The van der Waals surface area contributed by atoms with Gasteiger partial charge in [-0.3, -0.25) is 0 Å². The third kappa shape index (κ3) is 6.26. The number of aliphatic hydroxyl groups is 1. The predicted molar refractivity (Wildman–Crippen MR) is 104 cm³/mol. The van der Waals surface area contributed by atoms with E-state index in [1.165, 1.54) is 0 Å². The van der Waals surface area contributed by atoms with Gasteiger partial charge in [-0.15, -0.1) is 0 Å². The average Bonchev–Trinajstić information content (AvgIpc) is 2.97. The van der Waals surface area contributed by atoms with Crippen molar-refractivity contribution in [2.45, 2.75) is 51.6 Å². The van der Waals surface area contributed by atoms with Gasteiger partial charge in [-0.05, 0) is 38.3 Å². The summed E-state index contributed by atoms with van der Waals surface area (Å²) >= 11 is 0. The Morgan fingerprint density at radius 1 is 1.35 bits per heavy atom. The van der Waals surface area contributed by atoms with Gasteiger partial charge in [0.2, 0.25) is 10.0 Å². The molecule has 26 heavy (non-hydrogen) atoms. The molecule has 1 aliphatic rings. The van der Waals surface area contributed by atoms with Crippen molar-refractivity contribution in [2.24, 2.45) is 4.99 Å². The van der Waals surface area contributed by atoms with E-state index in [4.69, 9.17) is 0 Å². The van der Waals surface area contributed by atoms with Crippen molar-refractivity contribution in [3.8, 4) is 0 Å². The summed E-state index contributed by atoms with van der Waals surface area (Å²) in [5.74, 6) is 0.692. The van der Waals surface area contributed by atoms with Crippen molar-refractivity contribution in [3.05, 3.63) is 35.4 Å². The number of aliphatic hydroxyl groups excluding tert-OH is 1. The van der Waals surface area contributed by atoms with Crippen LogP contribution in [0.2, 0.25) is 0 Å². The van der Waals surface area contributed by atoms with E-state index >= 15 is 0 Å². The Bertz CT molecular complexity index is 719. The van der Waals surface area contributed by atoms with Gasteiger partial charge in [0.05, 0.1) is 18.4 Å². The van der Waals surface area contributed by atoms with Gasteiger partial charge in [0.1, 0.15) is 0 Å². The molecule has 1 aromatic carbocycles. The number of β-amino-alcohol motifs (C(OH)–C–C–N with tert-alkyl or cyclic N) is 1. The van der Waals surface area contributed by atoms with Crippen molar-refractivity contribution >= 4 is 16.0 Å². The topological polar surface area (TPSA) is 94.0 Å². The molecule has 2 rings (SSSR count). The van der Waals surface area contributed by atoms with Crippen LogP contribution >= 0.6 is 0 Å². The lowest BCUT2D eigenvalue weighted by molar-refractivity contribution is 0.188. The van der Waals surface area contributed by atoms with Crippen molar-refractivity contribution in [1.82, 2.24) is 14.9 Å². The van der Waals surface area contributed by atoms with Gasteiger partial charge in [-0.2, -0.15) is 0 Å². The fourth-order valence-corrected chi connectivity index (χ4v) is 4.47. The second-order valence-electron chi connectivity index (χ2n) is 6.86. The first-order valence-corrected chi connectivity index (χ1v) is 10.7. The minimum atomic E-state index is -3.39. The zero-order valence-electron chi connectivity index (χ0n) is 15.8. The summed E-state index contributed by atoms with van der Waals surface area (Å²) in [5.41, 5.74) is 1.64. The molecule has 1 aromatic rings. The van der Waals surface area contributed by atoms with E-state index in [0.717, 1.165) is 36.6 Å². The summed E-state index contributed by atoms with van der Waals surface area (Å²) < 4.78 is 27.1. The Labute approximate surface area is 156 Å². The number of likely N-dealkylation sites (tertiary alicyclic amines) is 1. The molecular formula is C18H30N4O3S. The van der Waals surface area contributed by atoms with Gasteiger partial charge in [-0.25, -0.2) is 18.1 Å². The van der Waals surface area contributed by atoms with E-state index in [2.05, 4.69) is 15.0 Å². The summed E-state index contributed by atoms with van der Waals surface area (Å²) in [5, 5.41) is 13.0. The van der Waals surface area contributed by atoms with Crippen LogP contribution in [0.3, 0.4) is 0 Å². The van der Waals surface area contributed by atoms with Crippen LogP contribution in [0.4, 0.5) is 0 Å². The quantitative estimate of drug-likeness (QED) is 0.484. The number of hydrogen-bond donors (Lipinski definition) is 3. The molecule has 0 amide bonds. The molecule has 0 unspecified atom stereocenters. The molecule has 0 aliphatic carbocycles. The van der Waals surface area contributed by atoms with E-state index in [1.54, 1.807) is 13.8 Å². The van der Waals surface area contributed by atoms with Crippen LogP contribution in [0.15, 0.2) is 29.3 Å². The van der Waals surface area contributed by atoms with Crippen LogP contribution in [-0.4, -0.2) is 56.2 Å². The van der Waals surface area contributed by atoms with Crippen LogP contribution in [-0.2, 0) is 22.3 Å². The molecular weight excluding hydrogens is 352 g/mol. The monoisotopic (exact) mass is 382 g/mol. The highest BCUT2D eigenvalue weighted by atomic mass is 32.2. The molecule has 0 saturated carbocycles. The molecule has 1 fully saturated rings. The molecule has 1 saturated heterocycles. The number of sulfonamides is 1. The Morgan fingerprint density at radius 3 is 2.62 bits per heavy atom. The average molecular weight is 383 g/mol. The second-order valence-corrected chi connectivity index (χ2v) is 8.61. The van der Waals surface area contributed by atoms with E-state index in [1.807, 2.05) is 36.1 Å². The molecule has 8 heteroatoms. The second kappa shape index (κ2) is 9.34. The first-order chi connectivity index (χ1) is 12.3. The highest BCUT2D eigenvalue weighted by molar-refractivity contribution is 7.88. The fraction of sp³-hybridized carbons (Fsp3) is 0.611. The maximum atomic E-state index is 12.3. The lowest BCUT2D eigenvalue weighted by Gasteiger charge is -2.21. The third-order valence-corrected chi connectivity index (χ3v) is 5.60. The summed E-state index contributed by atoms with van der Waals surface area (Å²) in [7, 11) is -3.39. The SMILES string of the molecule is CCNC(=NCc1ccccc1CS(=O)(=O)NC(C)C)N1CC[C@@H](O)C1. The van der Waals surface area contributed by atoms with Crippen molar-refractivity contribution in [3.63, 3.8) is 0 Å². The molecule has 0 radical (unpaired) electrons. The summed E-state index contributed by atoms with van der Waals surface area (Å²) in [4.78, 5) is 6.69. The summed E-state index contributed by atoms with van der Waals surface area (Å²) in [6.07, 6.45) is 0.415. The van der Waals surface area contributed by atoms with Crippen LogP contribution in [0.5, 0.6) is 0 Å². The smallest absolute Gasteiger partial charge is 0.216 e. The third-order valence-electron chi connectivity index (χ3n) is 4.08.